The number of hydrogen-bond acceptors (Lipinski definition) is 1. The predicted octanol–water partition coefficient (Wildman–Crippen LogP) is 5.42. The van der Waals surface area contributed by atoms with E-state index in [1.54, 1.807) is 0 Å². The lowest BCUT2D eigenvalue weighted by Crippen LogP contribution is -1.97. The predicted molar refractivity (Wildman–Crippen MR) is 81.4 cm³/mol. The molecular weight excluding hydrogens is 289 g/mol. The quantitative estimate of drug-likeness (QED) is 0.670. The van der Waals surface area contributed by atoms with E-state index in [9.17, 15) is 13.2 Å². The molecule has 2 aromatic rings. The molecule has 0 atom stereocenters. The van der Waals surface area contributed by atoms with Crippen LogP contribution in [-0.2, 0) is 0 Å². The topological polar surface area (TPSA) is 9.23 Å². The Morgan fingerprint density at radius 2 is 1.68 bits per heavy atom. The minimum absolute atomic E-state index is 0.00727. The molecule has 2 aromatic carbocycles. The molecule has 116 valence electrons. The van der Waals surface area contributed by atoms with Gasteiger partial charge in [-0.15, -0.1) is 0 Å². The molecule has 0 aliphatic carbocycles. The molecule has 4 heteroatoms. The van der Waals surface area contributed by atoms with Crippen LogP contribution in [0.15, 0.2) is 42.5 Å². The number of ether oxygens (including phenoxy) is 1. The Morgan fingerprint density at radius 1 is 0.955 bits per heavy atom. The molecule has 0 N–H and O–H groups in total. The van der Waals surface area contributed by atoms with Crippen LogP contribution in [0.2, 0.25) is 0 Å². The van der Waals surface area contributed by atoms with Crippen LogP contribution < -0.4 is 4.74 Å². The van der Waals surface area contributed by atoms with E-state index < -0.39 is 17.5 Å². The summed E-state index contributed by atoms with van der Waals surface area (Å²) in [7, 11) is 0. The van der Waals surface area contributed by atoms with E-state index in [0.29, 0.717) is 12.4 Å². The molecule has 0 aliphatic heterocycles. The van der Waals surface area contributed by atoms with E-state index in [-0.39, 0.29) is 16.7 Å². The van der Waals surface area contributed by atoms with E-state index >= 15 is 0 Å². The average molecular weight is 306 g/mol. The van der Waals surface area contributed by atoms with Crippen molar-refractivity contribution in [2.24, 2.45) is 0 Å². The monoisotopic (exact) mass is 306 g/mol. The third-order valence-corrected chi connectivity index (χ3v) is 3.25. The SMILES string of the molecule is CCC=CCOc1ccc(-c2ccc(C)c(F)c2F)c(F)c1. The number of rotatable bonds is 5. The van der Waals surface area contributed by atoms with E-state index in [2.05, 4.69) is 0 Å². The summed E-state index contributed by atoms with van der Waals surface area (Å²) in [4.78, 5) is 0. The van der Waals surface area contributed by atoms with Crippen molar-refractivity contribution in [2.45, 2.75) is 20.3 Å². The van der Waals surface area contributed by atoms with Crippen molar-refractivity contribution in [2.75, 3.05) is 6.61 Å². The summed E-state index contributed by atoms with van der Waals surface area (Å²) in [5.74, 6) is -2.31. The first-order valence-corrected chi connectivity index (χ1v) is 7.07. The third kappa shape index (κ3) is 3.50. The molecule has 0 aliphatic rings. The lowest BCUT2D eigenvalue weighted by molar-refractivity contribution is 0.360. The highest BCUT2D eigenvalue weighted by Gasteiger charge is 2.15. The Hall–Kier alpha value is -2.23. The molecule has 0 aromatic heterocycles. The van der Waals surface area contributed by atoms with Crippen LogP contribution >= 0.6 is 0 Å². The Kier molecular flexibility index (Phi) is 5.26. The van der Waals surface area contributed by atoms with Gasteiger partial charge in [0.2, 0.25) is 0 Å². The average Bonchev–Trinajstić information content (AvgIpc) is 2.50. The van der Waals surface area contributed by atoms with Crippen molar-refractivity contribution in [1.29, 1.82) is 0 Å². The molecule has 0 spiro atoms. The van der Waals surface area contributed by atoms with Gasteiger partial charge in [-0.2, -0.15) is 0 Å². The summed E-state index contributed by atoms with van der Waals surface area (Å²) in [6, 6.07) is 6.90. The van der Waals surface area contributed by atoms with E-state index in [1.165, 1.54) is 37.3 Å². The van der Waals surface area contributed by atoms with Gasteiger partial charge in [0.15, 0.2) is 11.6 Å². The molecule has 0 heterocycles. The maximum atomic E-state index is 14.1. The highest BCUT2D eigenvalue weighted by molar-refractivity contribution is 5.66. The van der Waals surface area contributed by atoms with Gasteiger partial charge in [-0.05, 0) is 31.0 Å². The van der Waals surface area contributed by atoms with Crippen LogP contribution in [0.1, 0.15) is 18.9 Å². The maximum absolute atomic E-state index is 14.1. The molecule has 0 fully saturated rings. The van der Waals surface area contributed by atoms with Gasteiger partial charge in [-0.3, -0.25) is 0 Å². The fourth-order valence-electron chi connectivity index (χ4n) is 2.04. The summed E-state index contributed by atoms with van der Waals surface area (Å²) < 4.78 is 47.0. The molecule has 2 rings (SSSR count). The molecule has 0 amide bonds. The van der Waals surface area contributed by atoms with Crippen molar-refractivity contribution in [1.82, 2.24) is 0 Å². The zero-order valence-electron chi connectivity index (χ0n) is 12.5. The molecule has 22 heavy (non-hydrogen) atoms. The molecular formula is C18H17F3O. The minimum atomic E-state index is -1.04. The molecule has 0 saturated carbocycles. The molecule has 0 bridgehead atoms. The fourth-order valence-corrected chi connectivity index (χ4v) is 2.04. The molecule has 0 radical (unpaired) electrons. The van der Waals surface area contributed by atoms with Gasteiger partial charge in [-0.25, -0.2) is 13.2 Å². The van der Waals surface area contributed by atoms with Crippen LogP contribution in [0.3, 0.4) is 0 Å². The van der Waals surface area contributed by atoms with E-state index in [0.717, 1.165) is 6.42 Å². The van der Waals surface area contributed by atoms with Crippen LogP contribution in [-0.4, -0.2) is 6.61 Å². The Balaban J connectivity index is 2.27. The number of allylic oxidation sites excluding steroid dienone is 1. The van der Waals surface area contributed by atoms with Gasteiger partial charge in [0.25, 0.3) is 0 Å². The van der Waals surface area contributed by atoms with E-state index in [1.807, 2.05) is 19.1 Å². The van der Waals surface area contributed by atoms with Gasteiger partial charge in [0, 0.05) is 17.2 Å². The van der Waals surface area contributed by atoms with Gasteiger partial charge in [0.05, 0.1) is 0 Å². The van der Waals surface area contributed by atoms with Crippen LogP contribution in [0.25, 0.3) is 11.1 Å². The molecule has 1 nitrogen and oxygen atoms in total. The fraction of sp³-hybridized carbons (Fsp3) is 0.222. The normalized spacial score (nSPS) is 11.1. The number of halogens is 3. The largest absolute Gasteiger partial charge is 0.489 e. The Labute approximate surface area is 128 Å². The number of benzene rings is 2. The van der Waals surface area contributed by atoms with Gasteiger partial charge >= 0.3 is 0 Å². The zero-order valence-corrected chi connectivity index (χ0v) is 12.5. The Bertz CT molecular complexity index is 693. The maximum Gasteiger partial charge on any atom is 0.167 e. The summed E-state index contributed by atoms with van der Waals surface area (Å²) in [5, 5.41) is 0. The van der Waals surface area contributed by atoms with Crippen molar-refractivity contribution in [3.05, 3.63) is 65.5 Å². The second-order valence-corrected chi connectivity index (χ2v) is 4.89. The molecule has 0 saturated heterocycles. The van der Waals surface area contributed by atoms with Gasteiger partial charge in [-0.1, -0.05) is 31.2 Å². The van der Waals surface area contributed by atoms with Gasteiger partial charge < -0.3 is 4.74 Å². The van der Waals surface area contributed by atoms with Gasteiger partial charge in [0.1, 0.15) is 18.2 Å². The minimum Gasteiger partial charge on any atom is -0.489 e. The summed E-state index contributed by atoms with van der Waals surface area (Å²) in [5.41, 5.74) is 0.0928. The van der Waals surface area contributed by atoms with E-state index in [4.69, 9.17) is 4.74 Å². The first kappa shape index (κ1) is 16.1. The van der Waals surface area contributed by atoms with Crippen LogP contribution in [0.5, 0.6) is 5.75 Å². The molecule has 0 unspecified atom stereocenters. The van der Waals surface area contributed by atoms with Crippen molar-refractivity contribution in [3.8, 4) is 16.9 Å². The van der Waals surface area contributed by atoms with Crippen molar-refractivity contribution in [3.63, 3.8) is 0 Å². The summed E-state index contributed by atoms with van der Waals surface area (Å²) >= 11 is 0. The highest BCUT2D eigenvalue weighted by atomic mass is 19.2. The summed E-state index contributed by atoms with van der Waals surface area (Å²) in [6.45, 7) is 3.79. The first-order chi connectivity index (χ1) is 10.5. The van der Waals surface area contributed by atoms with Crippen LogP contribution in [0, 0.1) is 24.4 Å². The number of aryl methyl sites for hydroxylation is 1. The number of hydrogen-bond donors (Lipinski definition) is 0. The smallest absolute Gasteiger partial charge is 0.167 e. The second-order valence-electron chi connectivity index (χ2n) is 4.89. The lowest BCUT2D eigenvalue weighted by Gasteiger charge is -2.09. The van der Waals surface area contributed by atoms with Crippen molar-refractivity contribution >= 4 is 0 Å². The first-order valence-electron chi connectivity index (χ1n) is 7.07. The Morgan fingerprint density at radius 3 is 2.36 bits per heavy atom. The zero-order chi connectivity index (χ0) is 16.1. The highest BCUT2D eigenvalue weighted by Crippen LogP contribution is 2.30. The lowest BCUT2D eigenvalue weighted by atomic mass is 10.0. The van der Waals surface area contributed by atoms with Crippen molar-refractivity contribution < 1.29 is 17.9 Å². The standard InChI is InChI=1S/C18H17F3O/c1-3-4-5-10-22-13-7-9-14(16(19)11-13)15-8-6-12(2)17(20)18(15)21/h4-9,11H,3,10H2,1-2H3. The second kappa shape index (κ2) is 7.16. The summed E-state index contributed by atoms with van der Waals surface area (Å²) in [6.07, 6.45) is 4.67. The third-order valence-electron chi connectivity index (χ3n) is 3.25. The van der Waals surface area contributed by atoms with Crippen LogP contribution in [0.4, 0.5) is 13.2 Å².